The molecule has 1 aromatic rings. The first kappa shape index (κ1) is 12.6. The molecule has 0 unspecified atom stereocenters. The quantitative estimate of drug-likeness (QED) is 0.772. The molecule has 1 fully saturated rings. The number of methoxy groups -OCH3 is 1. The molecule has 1 aliphatic rings. The first-order valence-electron chi connectivity index (χ1n) is 5.09. The lowest BCUT2D eigenvalue weighted by Crippen LogP contribution is -2.41. The van der Waals surface area contributed by atoms with Crippen LogP contribution >= 0.6 is 38.9 Å². The zero-order valence-electron chi connectivity index (χ0n) is 8.89. The van der Waals surface area contributed by atoms with Crippen LogP contribution < -0.4 is 0 Å². The van der Waals surface area contributed by atoms with Crippen LogP contribution in [0.2, 0.25) is 5.02 Å². The lowest BCUT2D eigenvalue weighted by atomic mass is 9.76. The molecule has 88 valence electrons. The molecule has 1 saturated carbocycles. The first-order valence-corrected chi connectivity index (χ1v) is 7.08. The van der Waals surface area contributed by atoms with E-state index in [-0.39, 0.29) is 11.4 Å². The molecule has 0 aromatic carbocycles. The van der Waals surface area contributed by atoms with E-state index in [1.54, 1.807) is 13.2 Å². The van der Waals surface area contributed by atoms with Gasteiger partial charge in [0.15, 0.2) is 5.78 Å². The molecular formula is C11H12BrClO2S. The number of Topliss-reactive ketones (excluding diaryl/α,β-unsaturated/α-hetero) is 1. The summed E-state index contributed by atoms with van der Waals surface area (Å²) in [5, 5.41) is 0.605. The molecule has 1 aromatic heterocycles. The third-order valence-corrected chi connectivity index (χ3v) is 5.62. The molecule has 0 atom stereocenters. The van der Waals surface area contributed by atoms with E-state index in [9.17, 15) is 4.79 Å². The fourth-order valence-electron chi connectivity index (χ4n) is 1.89. The fraction of sp³-hybridized carbons (Fsp3) is 0.545. The maximum Gasteiger partial charge on any atom is 0.175 e. The highest BCUT2D eigenvalue weighted by molar-refractivity contribution is 9.11. The molecule has 0 amide bonds. The van der Waals surface area contributed by atoms with Crippen molar-refractivity contribution in [2.75, 3.05) is 7.11 Å². The summed E-state index contributed by atoms with van der Waals surface area (Å²) in [6.07, 6.45) is 3.58. The van der Waals surface area contributed by atoms with Crippen LogP contribution in [0.15, 0.2) is 9.85 Å². The fourth-order valence-corrected chi connectivity index (χ4v) is 3.53. The van der Waals surface area contributed by atoms with Crippen LogP contribution in [0.3, 0.4) is 0 Å². The van der Waals surface area contributed by atoms with Gasteiger partial charge in [-0.05, 0) is 41.3 Å². The predicted molar refractivity (Wildman–Crippen MR) is 69.6 cm³/mol. The number of hydrogen-bond donors (Lipinski definition) is 0. The summed E-state index contributed by atoms with van der Waals surface area (Å²) in [6.45, 7) is 0. The molecule has 0 spiro atoms. The zero-order valence-corrected chi connectivity index (χ0v) is 12.0. The minimum Gasteiger partial charge on any atom is -0.378 e. The van der Waals surface area contributed by atoms with Gasteiger partial charge in [0.25, 0.3) is 0 Å². The number of thiophene rings is 1. The van der Waals surface area contributed by atoms with Gasteiger partial charge in [-0.25, -0.2) is 0 Å². The number of ketones is 1. The highest BCUT2D eigenvalue weighted by atomic mass is 79.9. The highest BCUT2D eigenvalue weighted by Gasteiger charge is 2.39. The Balaban J connectivity index is 2.08. The maximum absolute atomic E-state index is 12.0. The van der Waals surface area contributed by atoms with E-state index in [4.69, 9.17) is 16.3 Å². The zero-order chi connectivity index (χ0) is 11.8. The van der Waals surface area contributed by atoms with Gasteiger partial charge in [-0.3, -0.25) is 4.79 Å². The highest BCUT2D eigenvalue weighted by Crippen LogP contribution is 2.40. The van der Waals surface area contributed by atoms with Crippen molar-refractivity contribution in [1.82, 2.24) is 0 Å². The Kier molecular flexibility index (Phi) is 3.74. The molecule has 2 nitrogen and oxygen atoms in total. The van der Waals surface area contributed by atoms with Gasteiger partial charge in [-0.1, -0.05) is 11.6 Å². The maximum atomic E-state index is 12.0. The smallest absolute Gasteiger partial charge is 0.175 e. The molecule has 0 aliphatic heterocycles. The van der Waals surface area contributed by atoms with E-state index in [2.05, 4.69) is 15.9 Å². The van der Waals surface area contributed by atoms with Gasteiger partial charge in [-0.2, -0.15) is 0 Å². The Bertz CT molecular complexity index is 387. The van der Waals surface area contributed by atoms with Crippen LogP contribution in [-0.2, 0) is 4.74 Å². The third-order valence-electron chi connectivity index (χ3n) is 3.10. The largest absolute Gasteiger partial charge is 0.378 e. The van der Waals surface area contributed by atoms with Gasteiger partial charge >= 0.3 is 0 Å². The molecule has 0 radical (unpaired) electrons. The molecule has 16 heavy (non-hydrogen) atoms. The van der Waals surface area contributed by atoms with Gasteiger partial charge in [-0.15, -0.1) is 11.3 Å². The number of hydrogen-bond acceptors (Lipinski definition) is 3. The molecule has 2 rings (SSSR count). The summed E-state index contributed by atoms with van der Waals surface area (Å²) in [4.78, 5) is 12.7. The number of carbonyl (C=O) groups is 1. The summed E-state index contributed by atoms with van der Waals surface area (Å²) in [5.41, 5.74) is -0.208. The van der Waals surface area contributed by atoms with Gasteiger partial charge in [0, 0.05) is 13.5 Å². The molecule has 1 heterocycles. The van der Waals surface area contributed by atoms with Crippen molar-refractivity contribution in [1.29, 1.82) is 0 Å². The Morgan fingerprint density at radius 3 is 2.75 bits per heavy atom. The van der Waals surface area contributed by atoms with Crippen LogP contribution in [0.5, 0.6) is 0 Å². The Morgan fingerprint density at radius 2 is 2.38 bits per heavy atom. The van der Waals surface area contributed by atoms with Crippen LogP contribution in [0, 0.1) is 0 Å². The molecular weight excluding hydrogens is 312 g/mol. The van der Waals surface area contributed by atoms with Crippen molar-refractivity contribution < 1.29 is 9.53 Å². The van der Waals surface area contributed by atoms with E-state index < -0.39 is 0 Å². The standard InChI is InChI=1S/C11H12BrClO2S/c1-15-11(3-2-4-11)6-8(14)9-5-7(13)10(12)16-9/h5H,2-4,6H2,1H3. The lowest BCUT2D eigenvalue weighted by Gasteiger charge is -2.39. The second kappa shape index (κ2) is 4.77. The first-order chi connectivity index (χ1) is 7.56. The molecule has 0 saturated heterocycles. The van der Waals surface area contributed by atoms with Crippen LogP contribution in [0.25, 0.3) is 0 Å². The summed E-state index contributed by atoms with van der Waals surface area (Å²) < 4.78 is 6.26. The number of halogens is 2. The summed E-state index contributed by atoms with van der Waals surface area (Å²) in [6, 6.07) is 1.72. The van der Waals surface area contributed by atoms with Crippen molar-refractivity contribution in [2.45, 2.75) is 31.3 Å². The van der Waals surface area contributed by atoms with Gasteiger partial charge in [0.1, 0.15) is 0 Å². The topological polar surface area (TPSA) is 26.3 Å². The monoisotopic (exact) mass is 322 g/mol. The van der Waals surface area contributed by atoms with Gasteiger partial charge in [0.05, 0.1) is 19.3 Å². The van der Waals surface area contributed by atoms with E-state index in [0.29, 0.717) is 16.3 Å². The molecule has 5 heteroatoms. The summed E-state index contributed by atoms with van der Waals surface area (Å²) in [5.74, 6) is 0.124. The van der Waals surface area contributed by atoms with E-state index >= 15 is 0 Å². The van der Waals surface area contributed by atoms with Gasteiger partial charge in [0.2, 0.25) is 0 Å². The van der Waals surface area contributed by atoms with Crippen LogP contribution in [0.1, 0.15) is 35.4 Å². The summed E-state index contributed by atoms with van der Waals surface area (Å²) in [7, 11) is 1.68. The SMILES string of the molecule is COC1(CC(=O)c2cc(Cl)c(Br)s2)CCC1. The number of rotatable bonds is 4. The Morgan fingerprint density at radius 1 is 1.69 bits per heavy atom. The molecule has 0 N–H and O–H groups in total. The minimum atomic E-state index is -0.208. The summed E-state index contributed by atoms with van der Waals surface area (Å²) >= 11 is 10.6. The van der Waals surface area contributed by atoms with Crippen molar-refractivity contribution in [3.8, 4) is 0 Å². The van der Waals surface area contributed by atoms with Crippen molar-refractivity contribution >= 4 is 44.7 Å². The van der Waals surface area contributed by atoms with Crippen molar-refractivity contribution in [3.63, 3.8) is 0 Å². The third kappa shape index (κ3) is 2.35. The predicted octanol–water partition coefficient (Wildman–Crippen LogP) is 4.31. The van der Waals surface area contributed by atoms with Crippen LogP contribution in [-0.4, -0.2) is 18.5 Å². The number of ether oxygens (including phenoxy) is 1. The second-order valence-corrected chi connectivity index (χ2v) is 6.85. The average molecular weight is 324 g/mol. The second-order valence-electron chi connectivity index (χ2n) is 4.07. The Labute approximate surface area is 112 Å². The Hall–Kier alpha value is 0.1000. The van der Waals surface area contributed by atoms with E-state index in [0.717, 1.165) is 23.0 Å². The number of carbonyl (C=O) groups excluding carboxylic acids is 1. The normalized spacial score (nSPS) is 18.2. The molecule has 1 aliphatic carbocycles. The van der Waals surface area contributed by atoms with Crippen molar-refractivity contribution in [2.24, 2.45) is 0 Å². The minimum absolute atomic E-state index is 0.124. The molecule has 0 bridgehead atoms. The van der Waals surface area contributed by atoms with Gasteiger partial charge < -0.3 is 4.74 Å². The van der Waals surface area contributed by atoms with Crippen LogP contribution in [0.4, 0.5) is 0 Å². The van der Waals surface area contributed by atoms with E-state index in [1.165, 1.54) is 11.3 Å². The van der Waals surface area contributed by atoms with Crippen molar-refractivity contribution in [3.05, 3.63) is 19.8 Å². The lowest BCUT2D eigenvalue weighted by molar-refractivity contribution is -0.0704. The average Bonchev–Trinajstić information content (AvgIpc) is 2.53. The van der Waals surface area contributed by atoms with E-state index in [1.807, 2.05) is 0 Å².